The van der Waals surface area contributed by atoms with Gasteiger partial charge in [0.05, 0.1) is 17.5 Å². The van der Waals surface area contributed by atoms with E-state index in [2.05, 4.69) is 41.8 Å². The highest BCUT2D eigenvalue weighted by Gasteiger charge is 2.33. The van der Waals surface area contributed by atoms with Gasteiger partial charge in [0.25, 0.3) is 0 Å². The van der Waals surface area contributed by atoms with Gasteiger partial charge < -0.3 is 5.32 Å². The number of hydrogen-bond acceptors (Lipinski definition) is 5. The van der Waals surface area contributed by atoms with Crippen molar-refractivity contribution in [2.45, 2.75) is 25.8 Å². The van der Waals surface area contributed by atoms with Gasteiger partial charge in [-0.3, -0.25) is 14.3 Å². The second kappa shape index (κ2) is 9.16. The summed E-state index contributed by atoms with van der Waals surface area (Å²) in [6, 6.07) is 9.00. The SMILES string of the molecule is Cc1cccc(NC(=O)C(C#N)C(=O)c2nn(C3C=CCC=C3)c3c2=CSC2=CC=CCC=32)c1. The average molecular weight is 467 g/mol. The van der Waals surface area contributed by atoms with Gasteiger partial charge in [0, 0.05) is 15.8 Å². The van der Waals surface area contributed by atoms with Crippen molar-refractivity contribution in [3.63, 3.8) is 0 Å². The molecule has 168 valence electrons. The number of hydrogen-bond donors (Lipinski definition) is 1. The Labute approximate surface area is 201 Å². The summed E-state index contributed by atoms with van der Waals surface area (Å²) in [4.78, 5) is 27.6. The van der Waals surface area contributed by atoms with Crippen LogP contribution in [0.4, 0.5) is 5.69 Å². The van der Waals surface area contributed by atoms with E-state index in [1.165, 1.54) is 11.8 Å². The molecule has 0 spiro atoms. The number of ketones is 1. The van der Waals surface area contributed by atoms with Crippen LogP contribution in [0.3, 0.4) is 0 Å². The van der Waals surface area contributed by atoms with Crippen LogP contribution in [0.15, 0.2) is 71.7 Å². The van der Waals surface area contributed by atoms with Crippen LogP contribution in [-0.2, 0) is 4.79 Å². The number of Topliss-reactive ketones (excluding diaryl/α,β-unsaturated/α-hetero) is 1. The lowest BCUT2D eigenvalue weighted by Crippen LogP contribution is -2.38. The summed E-state index contributed by atoms with van der Waals surface area (Å²) < 4.78 is 1.85. The van der Waals surface area contributed by atoms with E-state index in [1.807, 2.05) is 41.3 Å². The van der Waals surface area contributed by atoms with Gasteiger partial charge in [0.15, 0.2) is 5.92 Å². The number of benzene rings is 1. The maximum absolute atomic E-state index is 13.5. The first kappa shape index (κ1) is 21.9. The van der Waals surface area contributed by atoms with Crippen LogP contribution in [0, 0.1) is 24.2 Å². The Morgan fingerprint density at radius 2 is 2.09 bits per heavy atom. The maximum atomic E-state index is 13.5. The Balaban J connectivity index is 1.58. The van der Waals surface area contributed by atoms with Gasteiger partial charge >= 0.3 is 0 Å². The Morgan fingerprint density at radius 3 is 2.85 bits per heavy atom. The normalized spacial score (nSPS) is 17.2. The van der Waals surface area contributed by atoms with E-state index in [9.17, 15) is 14.9 Å². The molecule has 2 heterocycles. The van der Waals surface area contributed by atoms with Crippen molar-refractivity contribution < 1.29 is 9.59 Å². The molecule has 1 aromatic carbocycles. The number of allylic oxidation sites excluding steroid dienone is 8. The first-order valence-electron chi connectivity index (χ1n) is 11.1. The van der Waals surface area contributed by atoms with Gasteiger partial charge in [0.2, 0.25) is 11.7 Å². The standard InChI is InChI=1S/C27H22N4O2S/c1-17-8-7-9-18(14-17)29-27(33)21(15-28)26(32)24-22-16-34-23-13-6-5-12-20(23)25(22)31(30-24)19-10-3-2-4-11-19/h3-11,13-14,16,19,21H,2,12H2,1H3,(H,29,33). The summed E-state index contributed by atoms with van der Waals surface area (Å²) in [5.41, 5.74) is 2.76. The van der Waals surface area contributed by atoms with Crippen LogP contribution in [0.2, 0.25) is 0 Å². The van der Waals surface area contributed by atoms with Crippen LogP contribution in [0.1, 0.15) is 34.9 Å². The zero-order valence-electron chi connectivity index (χ0n) is 18.6. The molecule has 3 aliphatic rings. The summed E-state index contributed by atoms with van der Waals surface area (Å²) in [5.74, 6) is -2.75. The minimum Gasteiger partial charge on any atom is -0.325 e. The van der Waals surface area contributed by atoms with Crippen LogP contribution in [0.5, 0.6) is 0 Å². The minimum absolute atomic E-state index is 0.137. The molecule has 5 rings (SSSR count). The molecule has 0 saturated carbocycles. The molecule has 0 fully saturated rings. The number of thioether (sulfide) groups is 1. The predicted molar refractivity (Wildman–Crippen MR) is 134 cm³/mol. The lowest BCUT2D eigenvalue weighted by molar-refractivity contribution is -0.117. The van der Waals surface area contributed by atoms with Crippen LogP contribution < -0.4 is 15.9 Å². The van der Waals surface area contributed by atoms with Crippen molar-refractivity contribution in [2.24, 2.45) is 5.92 Å². The highest BCUT2D eigenvalue weighted by molar-refractivity contribution is 8.10. The molecule has 1 aliphatic heterocycles. The third-order valence-corrected chi connectivity index (χ3v) is 6.92. The molecular formula is C27H22N4O2S. The van der Waals surface area contributed by atoms with E-state index < -0.39 is 17.6 Å². The van der Waals surface area contributed by atoms with Crippen molar-refractivity contribution in [1.29, 1.82) is 5.26 Å². The van der Waals surface area contributed by atoms with E-state index in [4.69, 9.17) is 5.10 Å². The highest BCUT2D eigenvalue weighted by atomic mass is 32.2. The molecule has 2 aromatic rings. The van der Waals surface area contributed by atoms with E-state index >= 15 is 0 Å². The molecule has 1 aromatic heterocycles. The number of nitrogens with one attached hydrogen (secondary N) is 1. The Hall–Kier alpha value is -3.89. The van der Waals surface area contributed by atoms with Crippen LogP contribution in [0.25, 0.3) is 11.0 Å². The summed E-state index contributed by atoms with van der Waals surface area (Å²) >= 11 is 1.54. The number of nitrogens with zero attached hydrogens (tertiary/aromatic N) is 3. The van der Waals surface area contributed by atoms with Gasteiger partial charge in [-0.05, 0) is 54.5 Å². The van der Waals surface area contributed by atoms with Crippen molar-refractivity contribution >= 4 is 40.1 Å². The molecule has 0 radical (unpaired) electrons. The van der Waals surface area contributed by atoms with E-state index in [-0.39, 0.29) is 11.7 Å². The fourth-order valence-electron chi connectivity index (χ4n) is 4.30. The highest BCUT2D eigenvalue weighted by Crippen LogP contribution is 2.33. The van der Waals surface area contributed by atoms with Gasteiger partial charge in [-0.1, -0.05) is 60.4 Å². The molecule has 1 N–H and O–H groups in total. The molecule has 1 atom stereocenters. The van der Waals surface area contributed by atoms with Crippen molar-refractivity contribution in [2.75, 3.05) is 5.32 Å². The second-order valence-corrected chi connectivity index (χ2v) is 9.21. The first-order chi connectivity index (χ1) is 16.6. The summed E-state index contributed by atoms with van der Waals surface area (Å²) in [5, 5.41) is 20.6. The molecule has 0 bridgehead atoms. The summed E-state index contributed by atoms with van der Waals surface area (Å²) in [7, 11) is 0. The second-order valence-electron chi connectivity index (χ2n) is 8.30. The van der Waals surface area contributed by atoms with E-state index in [1.54, 1.807) is 12.1 Å². The van der Waals surface area contributed by atoms with Gasteiger partial charge in [-0.15, -0.1) is 0 Å². The van der Waals surface area contributed by atoms with Crippen LogP contribution in [-0.4, -0.2) is 21.5 Å². The number of rotatable bonds is 5. The van der Waals surface area contributed by atoms with Crippen molar-refractivity contribution in [1.82, 2.24) is 9.78 Å². The van der Waals surface area contributed by atoms with Gasteiger partial charge in [-0.25, -0.2) is 0 Å². The number of carbonyl (C=O) groups is 2. The number of anilines is 1. The zero-order valence-corrected chi connectivity index (χ0v) is 19.4. The molecule has 6 nitrogen and oxygen atoms in total. The molecule has 2 aliphatic carbocycles. The third kappa shape index (κ3) is 3.97. The maximum Gasteiger partial charge on any atom is 0.249 e. The summed E-state index contributed by atoms with van der Waals surface area (Å²) in [6.07, 6.45) is 16.0. The lowest BCUT2D eigenvalue weighted by atomic mass is 10.00. The molecule has 0 saturated heterocycles. The number of fused-ring (bicyclic) bond motifs is 2. The number of carbonyl (C=O) groups excluding carboxylic acids is 2. The lowest BCUT2D eigenvalue weighted by Gasteiger charge is -2.18. The van der Waals surface area contributed by atoms with E-state index in [0.717, 1.165) is 34.2 Å². The monoisotopic (exact) mass is 466 g/mol. The number of nitriles is 1. The fraction of sp³-hybridized carbons (Fsp3) is 0.185. The number of aryl methyl sites for hydroxylation is 1. The molecule has 34 heavy (non-hydrogen) atoms. The molecule has 7 heteroatoms. The topological polar surface area (TPSA) is 87.8 Å². The Bertz CT molecular complexity index is 1470. The van der Waals surface area contributed by atoms with Gasteiger partial charge in [-0.2, -0.15) is 10.4 Å². The molecule has 1 amide bonds. The van der Waals surface area contributed by atoms with Crippen LogP contribution >= 0.6 is 11.8 Å². The average Bonchev–Trinajstić information content (AvgIpc) is 3.25. The Morgan fingerprint density at radius 1 is 1.26 bits per heavy atom. The zero-order chi connectivity index (χ0) is 23.7. The summed E-state index contributed by atoms with van der Waals surface area (Å²) in [6.45, 7) is 1.91. The molecule has 1 unspecified atom stereocenters. The fourth-order valence-corrected chi connectivity index (χ4v) is 5.25. The van der Waals surface area contributed by atoms with Crippen molar-refractivity contribution in [3.8, 4) is 6.07 Å². The smallest absolute Gasteiger partial charge is 0.249 e. The quantitative estimate of drug-likeness (QED) is 0.413. The minimum atomic E-state index is -1.50. The van der Waals surface area contributed by atoms with E-state index in [0.29, 0.717) is 10.9 Å². The first-order valence-corrected chi connectivity index (χ1v) is 11.9. The van der Waals surface area contributed by atoms with Crippen molar-refractivity contribution in [3.05, 3.63) is 93.5 Å². The largest absolute Gasteiger partial charge is 0.325 e. The number of aromatic nitrogens is 2. The Kier molecular flexibility index (Phi) is 5.91. The third-order valence-electron chi connectivity index (χ3n) is 5.93. The van der Waals surface area contributed by atoms with Gasteiger partial charge in [0.1, 0.15) is 5.69 Å². The number of amides is 1. The molecular weight excluding hydrogens is 444 g/mol. The predicted octanol–water partition coefficient (Wildman–Crippen LogP) is 3.69.